The topological polar surface area (TPSA) is 57.2 Å². The molecule has 0 aliphatic rings. The molecule has 0 unspecified atom stereocenters. The Kier molecular flexibility index (Phi) is 15.8. The quantitative estimate of drug-likeness (QED) is 0.0740. The molecule has 0 saturated carbocycles. The van der Waals surface area contributed by atoms with E-state index in [0.717, 1.165) is 0 Å². The van der Waals surface area contributed by atoms with Crippen molar-refractivity contribution in [1.82, 2.24) is 0 Å². The van der Waals surface area contributed by atoms with Crippen molar-refractivity contribution < 1.29 is 26.1 Å². The predicted octanol–water partition coefficient (Wildman–Crippen LogP) is 8.43. The summed E-state index contributed by atoms with van der Waals surface area (Å²) >= 11 is 0. The van der Waals surface area contributed by atoms with Gasteiger partial charge in [0, 0.05) is 0 Å². The Hall–Kier alpha value is -2.21. The molecule has 0 N–H and O–H groups in total. The van der Waals surface area contributed by atoms with Crippen molar-refractivity contribution in [2.45, 2.75) is 103 Å². The summed E-state index contributed by atoms with van der Waals surface area (Å²) in [5, 5.41) is 4.74. The van der Waals surface area contributed by atoms with E-state index in [1.54, 1.807) is 22.0 Å². The molecule has 8 heteroatoms. The van der Waals surface area contributed by atoms with Crippen LogP contribution in [0.25, 0.3) is 0 Å². The maximum Gasteiger partial charge on any atom is 0.485 e. The van der Waals surface area contributed by atoms with Crippen LogP contribution in [-0.2, 0) is 29.4 Å². The van der Waals surface area contributed by atoms with E-state index in [9.17, 15) is 13.2 Å². The van der Waals surface area contributed by atoms with Crippen molar-refractivity contribution in [3.63, 3.8) is 0 Å². The van der Waals surface area contributed by atoms with E-state index in [4.69, 9.17) is 13.0 Å². The van der Waals surface area contributed by atoms with Crippen molar-refractivity contribution in [3.8, 4) is 0 Å². The zero-order chi connectivity index (χ0) is 31.0. The second-order valence-corrected chi connectivity index (χ2v) is 14.4. The van der Waals surface area contributed by atoms with E-state index >= 15 is 0 Å². The molecule has 0 aliphatic carbocycles. The van der Waals surface area contributed by atoms with E-state index < -0.39 is 23.5 Å². The summed E-state index contributed by atoms with van der Waals surface area (Å²) in [7, 11) is -7.14. The maximum atomic E-state index is 10.7. The Morgan fingerprint density at radius 1 is 0.643 bits per heavy atom. The van der Waals surface area contributed by atoms with Crippen molar-refractivity contribution in [3.05, 3.63) is 89.5 Å². The molecule has 3 rings (SSSR count). The lowest BCUT2D eigenvalue weighted by Crippen LogP contribution is -2.27. The molecule has 0 aliphatic heterocycles. The number of benzene rings is 3. The molecule has 42 heavy (non-hydrogen) atoms. The molecule has 0 aromatic heterocycles. The molecule has 3 nitrogen and oxygen atoms in total. The van der Waals surface area contributed by atoms with Gasteiger partial charge in [-0.3, -0.25) is 0 Å². The minimum Gasteiger partial charge on any atom is -0.741 e. The van der Waals surface area contributed by atoms with Gasteiger partial charge in [-0.25, -0.2) is 8.42 Å². The fourth-order valence-corrected chi connectivity index (χ4v) is 8.07. The summed E-state index contributed by atoms with van der Waals surface area (Å²) in [4.78, 5) is 0. The Bertz CT molecular complexity index is 1210. The highest BCUT2D eigenvalue weighted by atomic mass is 32.2. The third-order valence-corrected chi connectivity index (χ3v) is 10.7. The monoisotopic (exact) mass is 622 g/mol. The number of hydrogen-bond acceptors (Lipinski definition) is 3. The first-order chi connectivity index (χ1) is 20.0. The lowest BCUT2D eigenvalue weighted by molar-refractivity contribution is -0.0517. The first-order valence-corrected chi connectivity index (χ1v) is 18.1. The molecule has 0 saturated heterocycles. The van der Waals surface area contributed by atoms with Crippen molar-refractivity contribution in [2.24, 2.45) is 0 Å². The molecule has 0 atom stereocenters. The minimum absolute atomic E-state index is 1.05. The standard InChI is InChI=1S/C33H45P.CHF3O3S/c1-4-7-12-19-28-26-29(20-13-8-5-2)33(30(27-28)21-14-9-6-3)34(31-22-15-10-16-23-31)32-24-17-11-18-25-32;2-1(3,4)8(5,6)7/h10-11,15-18,22-27H,4-9,12-14,19-21H2,1-3H3;(H,5,6,7). The van der Waals surface area contributed by atoms with Gasteiger partial charge in [0.05, 0.1) is 7.92 Å². The largest absolute Gasteiger partial charge is 0.741 e. The Balaban J connectivity index is 0.000000675. The summed E-state index contributed by atoms with van der Waals surface area (Å²) in [6.45, 7) is 6.95. The van der Waals surface area contributed by atoms with Crippen LogP contribution in [0.2, 0.25) is 0 Å². The van der Waals surface area contributed by atoms with Gasteiger partial charge in [-0.1, -0.05) is 108 Å². The van der Waals surface area contributed by atoms with Crippen molar-refractivity contribution >= 4 is 34.0 Å². The molecule has 232 valence electrons. The highest BCUT2D eigenvalue weighted by Crippen LogP contribution is 2.37. The van der Waals surface area contributed by atoms with Crippen LogP contribution in [0, 0.1) is 0 Å². The summed E-state index contributed by atoms with van der Waals surface area (Å²) in [5.74, 6) is 0. The second-order valence-electron chi connectivity index (χ2n) is 10.7. The molecule has 0 amide bonds. The molecule has 0 bridgehead atoms. The van der Waals surface area contributed by atoms with Gasteiger partial charge in [-0.15, -0.1) is 0 Å². The van der Waals surface area contributed by atoms with Gasteiger partial charge in [0.15, 0.2) is 10.1 Å². The second kappa shape index (κ2) is 18.5. The first-order valence-electron chi connectivity index (χ1n) is 15.2. The minimum atomic E-state index is -6.09. The first kappa shape index (κ1) is 36.0. The molecule has 0 radical (unpaired) electrons. The van der Waals surface area contributed by atoms with Gasteiger partial charge in [0.25, 0.3) is 0 Å². The van der Waals surface area contributed by atoms with Crippen LogP contribution in [0.15, 0.2) is 72.8 Å². The van der Waals surface area contributed by atoms with Crippen molar-refractivity contribution in [2.75, 3.05) is 0 Å². The van der Waals surface area contributed by atoms with Gasteiger partial charge < -0.3 is 4.55 Å². The average molecular weight is 623 g/mol. The van der Waals surface area contributed by atoms with Gasteiger partial charge in [0.1, 0.15) is 15.9 Å². The fraction of sp³-hybridized carbons (Fsp3) is 0.471. The maximum absolute atomic E-state index is 10.7. The van der Waals surface area contributed by atoms with E-state index in [1.165, 1.54) is 87.7 Å². The third-order valence-electron chi connectivity index (χ3n) is 7.19. The van der Waals surface area contributed by atoms with Gasteiger partial charge in [-0.2, -0.15) is 13.2 Å². The zero-order valence-electron chi connectivity index (χ0n) is 25.2. The Morgan fingerprint density at radius 2 is 1.00 bits per heavy atom. The number of hydrogen-bond donors (Lipinski definition) is 0. The lowest BCUT2D eigenvalue weighted by Gasteiger charge is -2.20. The predicted molar refractivity (Wildman–Crippen MR) is 172 cm³/mol. The van der Waals surface area contributed by atoms with E-state index in [-0.39, 0.29) is 0 Å². The van der Waals surface area contributed by atoms with Crippen LogP contribution >= 0.6 is 7.92 Å². The Morgan fingerprint density at radius 3 is 1.33 bits per heavy atom. The third kappa shape index (κ3) is 11.8. The Labute approximate surface area is 252 Å². The molecule has 3 aromatic rings. The molecule has 0 heterocycles. The average Bonchev–Trinajstić information content (AvgIpc) is 2.95. The van der Waals surface area contributed by atoms with Crippen molar-refractivity contribution in [1.29, 1.82) is 0 Å². The number of alkyl halides is 3. The highest BCUT2D eigenvalue weighted by Gasteiger charge is 2.37. The highest BCUT2D eigenvalue weighted by molar-refractivity contribution is 7.86. The smallest absolute Gasteiger partial charge is 0.485 e. The normalized spacial score (nSPS) is 11.8. The van der Waals surface area contributed by atoms with Crippen LogP contribution in [0.3, 0.4) is 0 Å². The number of rotatable bonds is 15. The van der Waals surface area contributed by atoms with Gasteiger partial charge in [-0.05, 0) is 79.5 Å². The number of unbranched alkanes of at least 4 members (excludes halogenated alkanes) is 6. The van der Waals surface area contributed by atoms with Crippen LogP contribution < -0.4 is 15.9 Å². The SMILES string of the molecule is CCCCCc1cc(CCCCC)c([PH+](c2ccccc2)c2ccccc2)c(CCCCC)c1.O=S(=O)([O-])C(F)(F)F. The van der Waals surface area contributed by atoms with Crippen LogP contribution in [0.4, 0.5) is 13.2 Å². The zero-order valence-corrected chi connectivity index (χ0v) is 27.0. The molecular formula is C34H46F3O3PS. The summed E-state index contributed by atoms with van der Waals surface area (Å²) in [5.41, 5.74) is -0.767. The summed E-state index contributed by atoms with van der Waals surface area (Å²) in [6, 6.07) is 28.0. The fourth-order valence-electron chi connectivity index (χ4n) is 5.07. The van der Waals surface area contributed by atoms with Gasteiger partial charge in [0.2, 0.25) is 0 Å². The molecule has 0 fully saturated rings. The summed E-state index contributed by atoms with van der Waals surface area (Å²) in [6.07, 6.45) is 15.4. The molecule has 0 spiro atoms. The van der Waals surface area contributed by atoms with E-state index in [2.05, 4.69) is 93.6 Å². The van der Waals surface area contributed by atoms with Crippen LogP contribution in [0.1, 0.15) is 95.2 Å². The van der Waals surface area contributed by atoms with E-state index in [1.807, 2.05) is 0 Å². The van der Waals surface area contributed by atoms with Gasteiger partial charge >= 0.3 is 5.51 Å². The summed E-state index contributed by atoms with van der Waals surface area (Å²) < 4.78 is 58.9. The van der Waals surface area contributed by atoms with Crippen LogP contribution in [0.5, 0.6) is 0 Å². The molecule has 3 aromatic carbocycles. The number of halogens is 3. The number of aryl methyl sites for hydroxylation is 3. The lowest BCUT2D eigenvalue weighted by atomic mass is 9.95. The molecular weight excluding hydrogens is 576 g/mol. The van der Waals surface area contributed by atoms with Crippen LogP contribution in [-0.4, -0.2) is 18.5 Å². The van der Waals surface area contributed by atoms with E-state index in [0.29, 0.717) is 0 Å².